The largest absolute Gasteiger partial charge is 0.445 e. The normalized spacial score (nSPS) is 19.4. The fourth-order valence-corrected chi connectivity index (χ4v) is 3.55. The molecule has 2 atom stereocenters. The summed E-state index contributed by atoms with van der Waals surface area (Å²) in [7, 11) is 0. The molecule has 0 radical (unpaired) electrons. The molecule has 4 nitrogen and oxygen atoms in total. The van der Waals surface area contributed by atoms with Crippen LogP contribution in [0, 0.1) is 0 Å². The summed E-state index contributed by atoms with van der Waals surface area (Å²) in [4.78, 5) is 25.9. The van der Waals surface area contributed by atoms with E-state index in [4.69, 9.17) is 4.74 Å². The van der Waals surface area contributed by atoms with E-state index in [1.807, 2.05) is 47.4 Å². The molecule has 146 valence electrons. The third-order valence-corrected chi connectivity index (χ3v) is 4.96. The second-order valence-corrected chi connectivity index (χ2v) is 7.14. The lowest BCUT2D eigenvalue weighted by Gasteiger charge is -2.28. The van der Waals surface area contributed by atoms with Gasteiger partial charge in [-0.2, -0.15) is 0 Å². The Kier molecular flexibility index (Phi) is 8.82. The highest BCUT2D eigenvalue weighted by Crippen LogP contribution is 2.30. The fraction of sp³-hybridized carbons (Fsp3) is 0.478. The van der Waals surface area contributed by atoms with E-state index in [0.29, 0.717) is 0 Å². The Morgan fingerprint density at radius 2 is 1.96 bits per heavy atom. The van der Waals surface area contributed by atoms with Crippen molar-refractivity contribution in [3.8, 4) is 0 Å². The maximum Gasteiger partial charge on any atom is 0.410 e. The molecule has 0 unspecified atom stereocenters. The lowest BCUT2D eigenvalue weighted by atomic mass is 10.1. The number of unbranched alkanes of at least 4 members (excludes halogenated alkanes) is 3. The minimum absolute atomic E-state index is 0.000443. The molecule has 0 aromatic heterocycles. The van der Waals surface area contributed by atoms with E-state index in [-0.39, 0.29) is 30.6 Å². The summed E-state index contributed by atoms with van der Waals surface area (Å²) in [5.41, 5.74) is 0.974. The van der Waals surface area contributed by atoms with Crippen molar-refractivity contribution in [2.24, 2.45) is 0 Å². The maximum atomic E-state index is 12.8. The minimum atomic E-state index is -0.286. The Hall–Kier alpha value is -2.36. The Morgan fingerprint density at radius 3 is 2.67 bits per heavy atom. The van der Waals surface area contributed by atoms with Crippen molar-refractivity contribution in [3.05, 3.63) is 60.7 Å². The first-order chi connectivity index (χ1) is 13.1. The maximum absolute atomic E-state index is 12.8. The second kappa shape index (κ2) is 11.4. The molecule has 1 aromatic rings. The fourth-order valence-electron chi connectivity index (χ4n) is 3.55. The highest BCUT2D eigenvalue weighted by molar-refractivity contribution is 5.87. The van der Waals surface area contributed by atoms with E-state index in [1.54, 1.807) is 6.08 Å². The SMILES string of the molecule is C=CCCCCC[C@H]1CC[C@H](/C=C/C(C)=O)N1C(=O)OCc1ccccc1. The third kappa shape index (κ3) is 7.05. The van der Waals surface area contributed by atoms with E-state index in [9.17, 15) is 9.59 Å². The van der Waals surface area contributed by atoms with E-state index < -0.39 is 0 Å². The number of ketones is 1. The van der Waals surface area contributed by atoms with Crippen LogP contribution in [-0.2, 0) is 16.1 Å². The highest BCUT2D eigenvalue weighted by atomic mass is 16.6. The molecule has 0 bridgehead atoms. The van der Waals surface area contributed by atoms with Gasteiger partial charge in [0.25, 0.3) is 0 Å². The summed E-state index contributed by atoms with van der Waals surface area (Å²) >= 11 is 0. The van der Waals surface area contributed by atoms with Crippen LogP contribution in [0.25, 0.3) is 0 Å². The molecule has 1 aliphatic rings. The second-order valence-electron chi connectivity index (χ2n) is 7.14. The molecule has 1 heterocycles. The molecular formula is C23H31NO3. The zero-order valence-corrected chi connectivity index (χ0v) is 16.3. The first-order valence-corrected chi connectivity index (χ1v) is 9.90. The lowest BCUT2D eigenvalue weighted by Crippen LogP contribution is -2.40. The van der Waals surface area contributed by atoms with Gasteiger partial charge in [-0.15, -0.1) is 6.58 Å². The molecule has 1 aliphatic heterocycles. The summed E-state index contributed by atoms with van der Waals surface area (Å²) in [6.07, 6.45) is 12.3. The first-order valence-electron chi connectivity index (χ1n) is 9.90. The van der Waals surface area contributed by atoms with Crippen molar-refractivity contribution in [1.29, 1.82) is 0 Å². The van der Waals surface area contributed by atoms with Crippen molar-refractivity contribution < 1.29 is 14.3 Å². The molecule has 4 heteroatoms. The van der Waals surface area contributed by atoms with Crippen molar-refractivity contribution in [2.45, 2.75) is 70.6 Å². The summed E-state index contributed by atoms with van der Waals surface area (Å²) in [5, 5.41) is 0. The van der Waals surface area contributed by atoms with Crippen LogP contribution in [0.2, 0.25) is 0 Å². The molecule has 1 fully saturated rings. The van der Waals surface area contributed by atoms with Gasteiger partial charge in [-0.1, -0.05) is 55.3 Å². The number of hydrogen-bond donors (Lipinski definition) is 0. The van der Waals surface area contributed by atoms with Crippen molar-refractivity contribution in [3.63, 3.8) is 0 Å². The average Bonchev–Trinajstić information content (AvgIpc) is 3.08. The van der Waals surface area contributed by atoms with Gasteiger partial charge in [-0.05, 0) is 50.7 Å². The van der Waals surface area contributed by atoms with Crippen LogP contribution < -0.4 is 0 Å². The first kappa shape index (κ1) is 20.9. The standard InChI is InChI=1S/C23H31NO3/c1-3-4-5-6-10-13-21-16-17-22(15-14-19(2)25)24(21)23(26)27-18-20-11-8-7-9-12-20/h3,7-9,11-12,14-15,21-22H,1,4-6,10,13,16-18H2,2H3/b15-14+/t21-,22-/m0/s1. The van der Waals surface area contributed by atoms with E-state index >= 15 is 0 Å². The number of rotatable bonds is 10. The van der Waals surface area contributed by atoms with Gasteiger partial charge in [0.2, 0.25) is 0 Å². The average molecular weight is 370 g/mol. The smallest absolute Gasteiger partial charge is 0.410 e. The number of amides is 1. The molecule has 2 rings (SSSR count). The van der Waals surface area contributed by atoms with Crippen LogP contribution in [0.5, 0.6) is 0 Å². The summed E-state index contributed by atoms with van der Waals surface area (Å²) < 4.78 is 5.58. The van der Waals surface area contributed by atoms with Crippen LogP contribution >= 0.6 is 0 Å². The molecule has 1 aromatic carbocycles. The molecule has 0 N–H and O–H groups in total. The number of carbonyl (C=O) groups excluding carboxylic acids is 2. The van der Waals surface area contributed by atoms with Gasteiger partial charge in [0.15, 0.2) is 5.78 Å². The van der Waals surface area contributed by atoms with Crippen molar-refractivity contribution in [1.82, 2.24) is 4.90 Å². The van der Waals surface area contributed by atoms with E-state index in [2.05, 4.69) is 6.58 Å². The van der Waals surface area contributed by atoms with Gasteiger partial charge in [-0.3, -0.25) is 9.69 Å². The number of benzene rings is 1. The van der Waals surface area contributed by atoms with Crippen LogP contribution in [0.3, 0.4) is 0 Å². The quantitative estimate of drug-likeness (QED) is 0.313. The predicted molar refractivity (Wildman–Crippen MR) is 108 cm³/mol. The zero-order valence-electron chi connectivity index (χ0n) is 16.3. The Morgan fingerprint density at radius 1 is 1.19 bits per heavy atom. The summed E-state index contributed by atoms with van der Waals surface area (Å²) in [6.45, 7) is 5.55. The molecule has 1 amide bonds. The predicted octanol–water partition coefficient (Wildman–Crippen LogP) is 5.44. The Balaban J connectivity index is 1.96. The molecular weight excluding hydrogens is 338 g/mol. The lowest BCUT2D eigenvalue weighted by molar-refractivity contribution is -0.112. The summed E-state index contributed by atoms with van der Waals surface area (Å²) in [5.74, 6) is 0.000443. The number of nitrogens with zero attached hydrogens (tertiary/aromatic N) is 1. The van der Waals surface area contributed by atoms with Crippen LogP contribution in [0.4, 0.5) is 4.79 Å². The minimum Gasteiger partial charge on any atom is -0.445 e. The molecule has 27 heavy (non-hydrogen) atoms. The molecule has 0 spiro atoms. The molecule has 1 saturated heterocycles. The van der Waals surface area contributed by atoms with Crippen LogP contribution in [0.15, 0.2) is 55.1 Å². The van der Waals surface area contributed by atoms with Gasteiger partial charge >= 0.3 is 6.09 Å². The van der Waals surface area contributed by atoms with Gasteiger partial charge in [0.05, 0.1) is 6.04 Å². The topological polar surface area (TPSA) is 46.6 Å². The van der Waals surface area contributed by atoms with Gasteiger partial charge in [-0.25, -0.2) is 4.79 Å². The molecule has 0 saturated carbocycles. The van der Waals surface area contributed by atoms with Crippen LogP contribution in [-0.4, -0.2) is 28.9 Å². The number of hydrogen-bond acceptors (Lipinski definition) is 3. The monoisotopic (exact) mass is 369 g/mol. The zero-order chi connectivity index (χ0) is 19.5. The molecule has 0 aliphatic carbocycles. The van der Waals surface area contributed by atoms with Crippen molar-refractivity contribution in [2.75, 3.05) is 0 Å². The summed E-state index contributed by atoms with van der Waals surface area (Å²) in [6, 6.07) is 9.82. The van der Waals surface area contributed by atoms with E-state index in [1.165, 1.54) is 6.92 Å². The van der Waals surface area contributed by atoms with Gasteiger partial charge in [0.1, 0.15) is 6.61 Å². The Labute approximate surface area is 162 Å². The third-order valence-electron chi connectivity index (χ3n) is 4.96. The van der Waals surface area contributed by atoms with Gasteiger partial charge in [0, 0.05) is 6.04 Å². The van der Waals surface area contributed by atoms with E-state index in [0.717, 1.165) is 50.5 Å². The number of allylic oxidation sites excluding steroid dienone is 2. The van der Waals surface area contributed by atoms with Crippen LogP contribution in [0.1, 0.15) is 57.4 Å². The number of likely N-dealkylation sites (tertiary alicyclic amines) is 1. The Bertz CT molecular complexity index is 638. The number of carbonyl (C=O) groups is 2. The van der Waals surface area contributed by atoms with Gasteiger partial charge < -0.3 is 4.74 Å². The number of ether oxygens (including phenoxy) is 1. The van der Waals surface area contributed by atoms with Crippen molar-refractivity contribution >= 4 is 11.9 Å². The highest BCUT2D eigenvalue weighted by Gasteiger charge is 2.36.